The number of aliphatic hydroxyl groups is 1. The van der Waals surface area contributed by atoms with E-state index in [2.05, 4.69) is 20.9 Å². The zero-order chi connectivity index (χ0) is 22.1. The lowest BCUT2D eigenvalue weighted by Gasteiger charge is -2.14. The number of azo groups is 1. The number of halogens is 1. The molecule has 0 heterocycles. The molecule has 2 aromatic carbocycles. The summed E-state index contributed by atoms with van der Waals surface area (Å²) in [6, 6.07) is 8.84. The summed E-state index contributed by atoms with van der Waals surface area (Å²) in [7, 11) is 0. The minimum atomic E-state index is -0.683. The van der Waals surface area contributed by atoms with E-state index in [0.29, 0.717) is 23.7 Å². The molecule has 0 saturated heterocycles. The van der Waals surface area contributed by atoms with Gasteiger partial charge in [-0.15, -0.1) is 10.2 Å². The molecule has 0 aliphatic carbocycles. The van der Waals surface area contributed by atoms with Crippen LogP contribution in [0.2, 0.25) is 5.02 Å². The van der Waals surface area contributed by atoms with Gasteiger partial charge in [-0.3, -0.25) is 14.9 Å². The van der Waals surface area contributed by atoms with E-state index in [-0.39, 0.29) is 35.5 Å². The topological polar surface area (TPSA) is 138 Å². The second-order valence-corrected chi connectivity index (χ2v) is 6.61. The van der Waals surface area contributed by atoms with Crippen molar-refractivity contribution in [3.05, 3.63) is 51.5 Å². The predicted octanol–water partition coefficient (Wildman–Crippen LogP) is 4.43. The van der Waals surface area contributed by atoms with E-state index in [4.69, 9.17) is 16.3 Å². The maximum Gasteiger partial charge on any atom is 0.271 e. The summed E-state index contributed by atoms with van der Waals surface area (Å²) >= 11 is 6.02. The average Bonchev–Trinajstić information content (AvgIpc) is 2.70. The van der Waals surface area contributed by atoms with Gasteiger partial charge in [0.05, 0.1) is 28.3 Å². The normalized spacial score (nSPS) is 12.0. The van der Waals surface area contributed by atoms with Gasteiger partial charge in [0.25, 0.3) is 5.69 Å². The Bertz CT molecular complexity index is 938. The van der Waals surface area contributed by atoms with Crippen molar-refractivity contribution >= 4 is 45.9 Å². The lowest BCUT2D eigenvalue weighted by molar-refractivity contribution is -0.384. The Morgan fingerprint density at radius 1 is 1.27 bits per heavy atom. The van der Waals surface area contributed by atoms with E-state index in [1.165, 1.54) is 25.1 Å². The summed E-state index contributed by atoms with van der Waals surface area (Å²) in [6.07, 6.45) is -0.683. The Labute approximate surface area is 178 Å². The van der Waals surface area contributed by atoms with Crippen LogP contribution in [-0.4, -0.2) is 41.8 Å². The number of nitrogens with zero attached hydrogens (tertiary/aromatic N) is 3. The summed E-state index contributed by atoms with van der Waals surface area (Å²) in [5, 5.41) is 34.6. The maximum atomic E-state index is 11.5. The maximum absolute atomic E-state index is 11.5. The lowest BCUT2D eigenvalue weighted by Crippen LogP contribution is -2.24. The first-order valence-corrected chi connectivity index (χ1v) is 9.45. The highest BCUT2D eigenvalue weighted by atomic mass is 35.5. The van der Waals surface area contributed by atoms with Crippen molar-refractivity contribution in [1.82, 2.24) is 0 Å². The summed E-state index contributed by atoms with van der Waals surface area (Å²) < 4.78 is 5.16. The molecule has 2 rings (SSSR count). The number of anilines is 2. The molecule has 30 heavy (non-hydrogen) atoms. The Balaban J connectivity index is 2.19. The second kappa shape index (κ2) is 11.2. The highest BCUT2D eigenvalue weighted by Gasteiger charge is 2.11. The highest BCUT2D eigenvalue weighted by molar-refractivity contribution is 6.33. The molecule has 0 radical (unpaired) electrons. The molecule has 1 atom stereocenters. The number of hydrogen-bond acceptors (Lipinski definition) is 8. The fraction of sp³-hybridized carbons (Fsp3) is 0.316. The number of hydrogen-bond donors (Lipinski definition) is 3. The van der Waals surface area contributed by atoms with Crippen molar-refractivity contribution in [1.29, 1.82) is 0 Å². The van der Waals surface area contributed by atoms with Crippen molar-refractivity contribution in [3.63, 3.8) is 0 Å². The van der Waals surface area contributed by atoms with E-state index in [9.17, 15) is 20.0 Å². The van der Waals surface area contributed by atoms with Gasteiger partial charge >= 0.3 is 0 Å². The number of non-ortho nitro benzene ring substituents is 1. The molecule has 0 aliphatic heterocycles. The van der Waals surface area contributed by atoms with E-state index < -0.39 is 11.0 Å². The SMILES string of the molecule is CCOCC(O)CNc1ccc(N=Nc2ccc([N+](=O)[O-])cc2Cl)c(NC(C)=O)c1. The van der Waals surface area contributed by atoms with Crippen molar-refractivity contribution in [2.45, 2.75) is 20.0 Å². The largest absolute Gasteiger partial charge is 0.389 e. The van der Waals surface area contributed by atoms with Gasteiger partial charge in [-0.05, 0) is 31.2 Å². The van der Waals surface area contributed by atoms with Gasteiger partial charge < -0.3 is 20.5 Å². The summed E-state index contributed by atoms with van der Waals surface area (Å²) in [4.78, 5) is 21.8. The van der Waals surface area contributed by atoms with Crippen LogP contribution in [0.25, 0.3) is 0 Å². The van der Waals surface area contributed by atoms with Crippen molar-refractivity contribution in [2.75, 3.05) is 30.4 Å². The Kier molecular flexibility index (Phi) is 8.66. The summed E-state index contributed by atoms with van der Waals surface area (Å²) in [6.45, 7) is 4.20. The number of ether oxygens (including phenoxy) is 1. The molecule has 1 unspecified atom stereocenters. The number of carbonyl (C=O) groups excluding carboxylic acids is 1. The zero-order valence-corrected chi connectivity index (χ0v) is 17.2. The third-order valence-electron chi connectivity index (χ3n) is 3.77. The fourth-order valence-electron chi connectivity index (χ4n) is 2.37. The number of nitro benzene ring substituents is 1. The average molecular weight is 436 g/mol. The molecule has 3 N–H and O–H groups in total. The number of nitro groups is 1. The number of nitrogens with one attached hydrogen (secondary N) is 2. The van der Waals surface area contributed by atoms with Crippen LogP contribution < -0.4 is 10.6 Å². The number of rotatable bonds is 10. The number of aliphatic hydroxyl groups excluding tert-OH is 1. The van der Waals surface area contributed by atoms with E-state index in [1.54, 1.807) is 18.2 Å². The molecule has 0 fully saturated rings. The first kappa shape index (κ1) is 23.2. The monoisotopic (exact) mass is 435 g/mol. The Hall–Kier alpha value is -3.08. The van der Waals surface area contributed by atoms with Crippen LogP contribution >= 0.6 is 11.6 Å². The predicted molar refractivity (Wildman–Crippen MR) is 114 cm³/mol. The quantitative estimate of drug-likeness (QED) is 0.286. The van der Waals surface area contributed by atoms with Crippen molar-refractivity contribution in [3.8, 4) is 0 Å². The van der Waals surface area contributed by atoms with E-state index in [1.807, 2.05) is 6.92 Å². The van der Waals surface area contributed by atoms with Crippen LogP contribution in [0, 0.1) is 10.1 Å². The van der Waals surface area contributed by atoms with Crippen LogP contribution in [0.5, 0.6) is 0 Å². The van der Waals surface area contributed by atoms with Crippen LogP contribution in [-0.2, 0) is 9.53 Å². The molecule has 1 amide bonds. The third-order valence-corrected chi connectivity index (χ3v) is 4.07. The van der Waals surface area contributed by atoms with Gasteiger partial charge in [0.1, 0.15) is 11.4 Å². The van der Waals surface area contributed by atoms with Gasteiger partial charge in [0.15, 0.2) is 0 Å². The van der Waals surface area contributed by atoms with E-state index >= 15 is 0 Å². The first-order valence-electron chi connectivity index (χ1n) is 9.07. The molecule has 11 heteroatoms. The molecular formula is C19H22ClN5O5. The van der Waals surface area contributed by atoms with Crippen LogP contribution in [0.4, 0.5) is 28.4 Å². The highest BCUT2D eigenvalue weighted by Crippen LogP contribution is 2.33. The number of amides is 1. The van der Waals surface area contributed by atoms with Crippen molar-refractivity contribution in [2.24, 2.45) is 10.2 Å². The van der Waals surface area contributed by atoms with Gasteiger partial charge in [0, 0.05) is 37.9 Å². The molecule has 0 spiro atoms. The minimum Gasteiger partial charge on any atom is -0.389 e. The molecular weight excluding hydrogens is 414 g/mol. The third kappa shape index (κ3) is 7.07. The van der Waals surface area contributed by atoms with Gasteiger partial charge in [-0.25, -0.2) is 0 Å². The Morgan fingerprint density at radius 3 is 2.60 bits per heavy atom. The number of benzene rings is 2. The standard InChI is InChI=1S/C19H22ClN5O5/c1-3-30-11-15(27)10-21-13-4-6-18(19(8-13)22-12(2)26)24-23-17-7-5-14(25(28)29)9-16(17)20/h4-9,15,21,27H,3,10-11H2,1-2H3,(H,22,26). The van der Waals surface area contributed by atoms with Gasteiger partial charge in [-0.1, -0.05) is 11.6 Å². The lowest BCUT2D eigenvalue weighted by atomic mass is 10.2. The van der Waals surface area contributed by atoms with Crippen LogP contribution in [0.15, 0.2) is 46.6 Å². The van der Waals surface area contributed by atoms with Gasteiger partial charge in [0.2, 0.25) is 5.91 Å². The van der Waals surface area contributed by atoms with Crippen molar-refractivity contribution < 1.29 is 19.6 Å². The molecule has 0 aliphatic rings. The second-order valence-electron chi connectivity index (χ2n) is 6.20. The Morgan fingerprint density at radius 2 is 1.97 bits per heavy atom. The molecule has 10 nitrogen and oxygen atoms in total. The van der Waals surface area contributed by atoms with E-state index in [0.717, 1.165) is 0 Å². The zero-order valence-electron chi connectivity index (χ0n) is 16.5. The van der Waals surface area contributed by atoms with Crippen LogP contribution in [0.1, 0.15) is 13.8 Å². The molecule has 0 bridgehead atoms. The van der Waals surface area contributed by atoms with Gasteiger partial charge in [-0.2, -0.15) is 0 Å². The molecule has 160 valence electrons. The minimum absolute atomic E-state index is 0.0793. The fourth-order valence-corrected chi connectivity index (χ4v) is 2.58. The van der Waals surface area contributed by atoms with Crippen LogP contribution in [0.3, 0.4) is 0 Å². The smallest absolute Gasteiger partial charge is 0.271 e. The first-order chi connectivity index (χ1) is 14.3. The summed E-state index contributed by atoms with van der Waals surface area (Å²) in [5.74, 6) is -0.298. The molecule has 0 saturated carbocycles. The molecule has 2 aromatic rings. The number of carbonyl (C=O) groups is 1. The summed E-state index contributed by atoms with van der Waals surface area (Å²) in [5.41, 5.74) is 1.51. The molecule has 0 aromatic heterocycles.